The number of amides is 1. The van der Waals surface area contributed by atoms with Gasteiger partial charge in [-0.1, -0.05) is 161 Å². The van der Waals surface area contributed by atoms with Gasteiger partial charge in [-0.2, -0.15) is 0 Å². The molecule has 3 N–H and O–H groups in total. The minimum atomic E-state index is -0.829. The molecular formula is C32H63NO3. The zero-order chi connectivity index (χ0) is 26.5. The first kappa shape index (κ1) is 35.1. The molecule has 0 fully saturated rings. The Morgan fingerprint density at radius 1 is 0.639 bits per heavy atom. The summed E-state index contributed by atoms with van der Waals surface area (Å²) < 4.78 is 0. The third-order valence-corrected chi connectivity index (χ3v) is 7.33. The van der Waals surface area contributed by atoms with E-state index in [4.69, 9.17) is 0 Å². The number of carbonyl (C=O) groups excluding carboxylic acids is 1. The van der Waals surface area contributed by atoms with Crippen molar-refractivity contribution in [1.82, 2.24) is 5.32 Å². The van der Waals surface area contributed by atoms with Crippen LogP contribution in [0.4, 0.5) is 0 Å². The van der Waals surface area contributed by atoms with E-state index in [2.05, 4.69) is 12.2 Å². The van der Waals surface area contributed by atoms with Gasteiger partial charge >= 0.3 is 0 Å². The van der Waals surface area contributed by atoms with Crippen LogP contribution in [0.5, 0.6) is 0 Å². The van der Waals surface area contributed by atoms with Crippen molar-refractivity contribution in [3.63, 3.8) is 0 Å². The van der Waals surface area contributed by atoms with Gasteiger partial charge in [0.15, 0.2) is 0 Å². The van der Waals surface area contributed by atoms with E-state index in [1.54, 1.807) is 13.0 Å². The number of unbranched alkanes of at least 4 members (excludes halogenated alkanes) is 22. The molecule has 0 heterocycles. The van der Waals surface area contributed by atoms with Crippen LogP contribution in [0.2, 0.25) is 0 Å². The molecule has 0 rings (SSSR count). The molecule has 0 aromatic heterocycles. The highest BCUT2D eigenvalue weighted by molar-refractivity contribution is 5.75. The van der Waals surface area contributed by atoms with Crippen molar-refractivity contribution in [3.05, 3.63) is 12.2 Å². The molecule has 0 aliphatic heterocycles. The zero-order valence-electron chi connectivity index (χ0n) is 24.3. The maximum absolute atomic E-state index is 11.4. The van der Waals surface area contributed by atoms with Gasteiger partial charge < -0.3 is 15.5 Å². The quantitative estimate of drug-likeness (QED) is 0.0729. The monoisotopic (exact) mass is 509 g/mol. The molecule has 0 saturated heterocycles. The first-order valence-corrected chi connectivity index (χ1v) is 15.9. The number of rotatable bonds is 28. The van der Waals surface area contributed by atoms with Crippen LogP contribution in [-0.4, -0.2) is 34.9 Å². The normalized spacial score (nSPS) is 13.3. The number of allylic oxidation sites excluding steroid dienone is 1. The molecule has 4 heteroatoms. The highest BCUT2D eigenvalue weighted by Crippen LogP contribution is 2.15. The summed E-state index contributed by atoms with van der Waals surface area (Å²) >= 11 is 0. The van der Waals surface area contributed by atoms with Crippen LogP contribution in [0.3, 0.4) is 0 Å². The fourth-order valence-electron chi connectivity index (χ4n) is 4.79. The Morgan fingerprint density at radius 3 is 1.33 bits per heavy atom. The number of hydrogen-bond donors (Lipinski definition) is 3. The molecule has 2 unspecified atom stereocenters. The highest BCUT2D eigenvalue weighted by Gasteiger charge is 2.17. The van der Waals surface area contributed by atoms with Gasteiger partial charge in [0.2, 0.25) is 5.91 Å². The summed E-state index contributed by atoms with van der Waals surface area (Å²) in [6.07, 6.45) is 34.9. The lowest BCUT2D eigenvalue weighted by Crippen LogP contribution is -2.44. The van der Waals surface area contributed by atoms with Crippen LogP contribution in [0.15, 0.2) is 12.2 Å². The standard InChI is InChI=1S/C32H63NO3/c1-3-5-6-7-8-9-10-11-12-13-14-15-16-17-18-19-20-21-22-23-24-25-26-27-28-31(35)30(29-34)33-32(36)4-2/h27-28,30-31,34-35H,3-26,29H2,1-2H3,(H,33,36)/b28-27+. The lowest BCUT2D eigenvalue weighted by atomic mass is 10.0. The van der Waals surface area contributed by atoms with Crippen molar-refractivity contribution < 1.29 is 15.0 Å². The molecule has 0 radical (unpaired) electrons. The third-order valence-electron chi connectivity index (χ3n) is 7.33. The molecule has 2 atom stereocenters. The van der Waals surface area contributed by atoms with E-state index in [9.17, 15) is 15.0 Å². The highest BCUT2D eigenvalue weighted by atomic mass is 16.3. The SMILES string of the molecule is CCCCCCCCCCCCCCCCCCCCCCCC/C=C/C(O)C(CO)NC(=O)CC. The number of carbonyl (C=O) groups is 1. The summed E-state index contributed by atoms with van der Waals surface area (Å²) in [5.41, 5.74) is 0. The van der Waals surface area contributed by atoms with Crippen molar-refractivity contribution >= 4 is 5.91 Å². The zero-order valence-corrected chi connectivity index (χ0v) is 24.3. The first-order chi connectivity index (χ1) is 17.7. The fraction of sp³-hybridized carbons (Fsp3) is 0.906. The Labute approximate surface area is 225 Å². The number of nitrogens with one attached hydrogen (secondary N) is 1. The van der Waals surface area contributed by atoms with Gasteiger partial charge in [-0.15, -0.1) is 0 Å². The molecule has 0 aliphatic carbocycles. The molecule has 0 spiro atoms. The van der Waals surface area contributed by atoms with E-state index in [-0.39, 0.29) is 12.5 Å². The maximum Gasteiger partial charge on any atom is 0.220 e. The molecule has 4 nitrogen and oxygen atoms in total. The summed E-state index contributed by atoms with van der Waals surface area (Å²) in [4.78, 5) is 11.4. The minimum absolute atomic E-state index is 0.152. The second-order valence-electron chi connectivity index (χ2n) is 10.8. The van der Waals surface area contributed by atoms with Gasteiger partial charge in [0, 0.05) is 6.42 Å². The summed E-state index contributed by atoms with van der Waals surface area (Å²) in [7, 11) is 0. The first-order valence-electron chi connectivity index (χ1n) is 15.9. The summed E-state index contributed by atoms with van der Waals surface area (Å²) in [5.74, 6) is -0.152. The largest absolute Gasteiger partial charge is 0.394 e. The molecule has 0 aromatic carbocycles. The van der Waals surface area contributed by atoms with Crippen molar-refractivity contribution in [3.8, 4) is 0 Å². The van der Waals surface area contributed by atoms with Gasteiger partial charge in [-0.05, 0) is 12.8 Å². The molecule has 0 bridgehead atoms. The van der Waals surface area contributed by atoms with Crippen LogP contribution >= 0.6 is 0 Å². The number of aliphatic hydroxyl groups excluding tert-OH is 2. The van der Waals surface area contributed by atoms with Gasteiger partial charge in [0.05, 0.1) is 18.8 Å². The van der Waals surface area contributed by atoms with Gasteiger partial charge in [-0.25, -0.2) is 0 Å². The molecule has 1 amide bonds. The lowest BCUT2D eigenvalue weighted by molar-refractivity contribution is -0.122. The van der Waals surface area contributed by atoms with E-state index >= 15 is 0 Å². The van der Waals surface area contributed by atoms with Crippen LogP contribution in [0, 0.1) is 0 Å². The average molecular weight is 510 g/mol. The molecule has 0 saturated carbocycles. The summed E-state index contributed by atoms with van der Waals surface area (Å²) in [5, 5.41) is 22.0. The van der Waals surface area contributed by atoms with Crippen molar-refractivity contribution in [1.29, 1.82) is 0 Å². The number of aliphatic hydroxyl groups is 2. The van der Waals surface area contributed by atoms with E-state index in [0.717, 1.165) is 12.8 Å². The lowest BCUT2D eigenvalue weighted by Gasteiger charge is -2.19. The Bertz CT molecular complexity index is 480. The maximum atomic E-state index is 11.4. The molecular weight excluding hydrogens is 446 g/mol. The minimum Gasteiger partial charge on any atom is -0.394 e. The average Bonchev–Trinajstić information content (AvgIpc) is 2.89. The van der Waals surface area contributed by atoms with Gasteiger partial charge in [-0.3, -0.25) is 4.79 Å². The van der Waals surface area contributed by atoms with Crippen molar-refractivity contribution in [2.45, 2.75) is 180 Å². The third kappa shape index (κ3) is 24.8. The Balaban J connectivity index is 3.29. The van der Waals surface area contributed by atoms with Crippen LogP contribution in [0.1, 0.15) is 168 Å². The topological polar surface area (TPSA) is 69.6 Å². The fourth-order valence-corrected chi connectivity index (χ4v) is 4.79. The van der Waals surface area contributed by atoms with E-state index in [1.807, 2.05) is 6.08 Å². The van der Waals surface area contributed by atoms with E-state index in [0.29, 0.717) is 6.42 Å². The van der Waals surface area contributed by atoms with Crippen LogP contribution in [0.25, 0.3) is 0 Å². The van der Waals surface area contributed by atoms with Gasteiger partial charge in [0.1, 0.15) is 0 Å². The summed E-state index contributed by atoms with van der Waals surface area (Å²) in [6.45, 7) is 3.79. The van der Waals surface area contributed by atoms with Crippen LogP contribution < -0.4 is 5.32 Å². The van der Waals surface area contributed by atoms with Crippen molar-refractivity contribution in [2.24, 2.45) is 0 Å². The molecule has 0 aromatic rings. The van der Waals surface area contributed by atoms with Crippen LogP contribution in [-0.2, 0) is 4.79 Å². The van der Waals surface area contributed by atoms with E-state index < -0.39 is 12.1 Å². The molecule has 36 heavy (non-hydrogen) atoms. The predicted molar refractivity (Wildman–Crippen MR) is 156 cm³/mol. The Kier molecular flexibility index (Phi) is 28.0. The second kappa shape index (κ2) is 28.7. The Morgan fingerprint density at radius 2 is 1.00 bits per heavy atom. The second-order valence-corrected chi connectivity index (χ2v) is 10.8. The summed E-state index contributed by atoms with van der Waals surface area (Å²) in [6, 6.07) is -0.613. The number of hydrogen-bond acceptors (Lipinski definition) is 3. The van der Waals surface area contributed by atoms with Crippen molar-refractivity contribution in [2.75, 3.05) is 6.61 Å². The Hall–Kier alpha value is -0.870. The predicted octanol–water partition coefficient (Wildman–Crippen LogP) is 8.78. The smallest absolute Gasteiger partial charge is 0.220 e. The van der Waals surface area contributed by atoms with Gasteiger partial charge in [0.25, 0.3) is 0 Å². The molecule has 214 valence electrons. The molecule has 0 aliphatic rings. The van der Waals surface area contributed by atoms with E-state index in [1.165, 1.54) is 135 Å².